The second-order valence-corrected chi connectivity index (χ2v) is 7.39. The molecule has 0 spiro atoms. The summed E-state index contributed by atoms with van der Waals surface area (Å²) < 4.78 is 0. The van der Waals surface area contributed by atoms with Gasteiger partial charge in [0.05, 0.1) is 5.69 Å². The van der Waals surface area contributed by atoms with E-state index < -0.39 is 0 Å². The van der Waals surface area contributed by atoms with Crippen molar-refractivity contribution in [2.75, 3.05) is 10.6 Å². The van der Waals surface area contributed by atoms with Gasteiger partial charge in [-0.2, -0.15) is 4.99 Å². The molecule has 0 unspecified atom stereocenters. The third-order valence-electron chi connectivity index (χ3n) is 4.11. The summed E-state index contributed by atoms with van der Waals surface area (Å²) in [7, 11) is 0. The third kappa shape index (κ3) is 4.45. The molecule has 3 aromatic carbocycles. The van der Waals surface area contributed by atoms with Crippen molar-refractivity contribution in [3.63, 3.8) is 0 Å². The smallest absolute Gasteiger partial charge is 0.213 e. The molecule has 0 saturated heterocycles. The van der Waals surface area contributed by atoms with Gasteiger partial charge in [-0.25, -0.2) is 4.98 Å². The highest BCUT2D eigenvalue weighted by Gasteiger charge is 2.10. The third-order valence-corrected chi connectivity index (χ3v) is 4.98. The summed E-state index contributed by atoms with van der Waals surface area (Å²) in [5, 5.41) is 7.41. The molecule has 0 atom stereocenters. The van der Waals surface area contributed by atoms with Crippen molar-refractivity contribution < 1.29 is 0 Å². The zero-order chi connectivity index (χ0) is 19.2. The molecule has 0 fully saturated rings. The number of hydrogen-bond donors (Lipinski definition) is 2. The standard InChI is InChI=1S/C23H20N4S/c1-17-21(18-11-5-2-6-12-18)26-23(28-17)27-22(24-19-13-7-3-8-14-19)25-20-15-9-4-10-16-20/h2-16H,1H3,(H2,24,25,26,27). The number of aryl methyl sites for hydroxylation is 1. The topological polar surface area (TPSA) is 49.3 Å². The fourth-order valence-electron chi connectivity index (χ4n) is 2.79. The highest BCUT2D eigenvalue weighted by atomic mass is 32.1. The summed E-state index contributed by atoms with van der Waals surface area (Å²) in [5.41, 5.74) is 4.00. The van der Waals surface area contributed by atoms with Gasteiger partial charge in [0.25, 0.3) is 0 Å². The summed E-state index contributed by atoms with van der Waals surface area (Å²) in [4.78, 5) is 10.7. The molecule has 0 aliphatic carbocycles. The van der Waals surface area contributed by atoms with E-state index in [1.54, 1.807) is 11.3 Å². The number of para-hydroxylation sites is 2. The lowest BCUT2D eigenvalue weighted by Crippen LogP contribution is -2.21. The zero-order valence-corrected chi connectivity index (χ0v) is 16.3. The van der Waals surface area contributed by atoms with E-state index in [1.165, 1.54) is 0 Å². The SMILES string of the molecule is Cc1sc(N=C(Nc2ccccc2)Nc2ccccc2)nc1-c1ccccc1. The lowest BCUT2D eigenvalue weighted by molar-refractivity contribution is 1.32. The largest absolute Gasteiger partial charge is 0.326 e. The van der Waals surface area contributed by atoms with Crippen LogP contribution in [0.1, 0.15) is 4.88 Å². The van der Waals surface area contributed by atoms with Crippen molar-refractivity contribution in [2.24, 2.45) is 4.99 Å². The van der Waals surface area contributed by atoms with E-state index in [4.69, 9.17) is 9.98 Å². The molecule has 0 bridgehead atoms. The molecule has 0 amide bonds. The highest BCUT2D eigenvalue weighted by molar-refractivity contribution is 7.15. The molecular weight excluding hydrogens is 364 g/mol. The van der Waals surface area contributed by atoms with Crippen LogP contribution in [-0.2, 0) is 0 Å². The molecule has 0 saturated carbocycles. The maximum atomic E-state index is 4.76. The number of nitrogens with one attached hydrogen (secondary N) is 2. The Hall–Kier alpha value is -3.44. The zero-order valence-electron chi connectivity index (χ0n) is 15.5. The Morgan fingerprint density at radius 3 is 1.79 bits per heavy atom. The van der Waals surface area contributed by atoms with Gasteiger partial charge in [-0.3, -0.25) is 0 Å². The Balaban J connectivity index is 1.66. The van der Waals surface area contributed by atoms with Crippen molar-refractivity contribution in [2.45, 2.75) is 6.92 Å². The molecule has 28 heavy (non-hydrogen) atoms. The number of aromatic nitrogens is 1. The van der Waals surface area contributed by atoms with Gasteiger partial charge < -0.3 is 10.6 Å². The Bertz CT molecular complexity index is 1010. The monoisotopic (exact) mass is 384 g/mol. The lowest BCUT2D eigenvalue weighted by atomic mass is 10.1. The summed E-state index contributed by atoms with van der Waals surface area (Å²) in [6.45, 7) is 2.08. The molecule has 4 nitrogen and oxygen atoms in total. The first-order valence-electron chi connectivity index (χ1n) is 9.03. The van der Waals surface area contributed by atoms with Gasteiger partial charge in [-0.1, -0.05) is 78.1 Å². The number of benzene rings is 3. The van der Waals surface area contributed by atoms with Crippen molar-refractivity contribution >= 4 is 33.8 Å². The molecule has 0 radical (unpaired) electrons. The van der Waals surface area contributed by atoms with Gasteiger partial charge in [0.2, 0.25) is 11.1 Å². The van der Waals surface area contributed by atoms with Crippen LogP contribution < -0.4 is 10.6 Å². The van der Waals surface area contributed by atoms with Crippen LogP contribution in [0.5, 0.6) is 0 Å². The van der Waals surface area contributed by atoms with E-state index in [0.717, 1.165) is 27.5 Å². The summed E-state index contributed by atoms with van der Waals surface area (Å²) in [6.07, 6.45) is 0. The molecule has 4 aromatic rings. The van der Waals surface area contributed by atoms with E-state index >= 15 is 0 Å². The Labute approximate surface area is 168 Å². The van der Waals surface area contributed by atoms with Crippen LogP contribution in [0.15, 0.2) is 96.0 Å². The van der Waals surface area contributed by atoms with Crippen LogP contribution in [0.2, 0.25) is 0 Å². The molecule has 5 heteroatoms. The van der Waals surface area contributed by atoms with Crippen molar-refractivity contribution in [3.8, 4) is 11.3 Å². The van der Waals surface area contributed by atoms with E-state index in [9.17, 15) is 0 Å². The number of hydrogen-bond acceptors (Lipinski definition) is 3. The predicted octanol–water partition coefficient (Wildman–Crippen LogP) is 6.33. The number of nitrogens with zero attached hydrogens (tertiary/aromatic N) is 2. The summed E-state index contributed by atoms with van der Waals surface area (Å²) >= 11 is 1.58. The van der Waals surface area contributed by atoms with Crippen LogP contribution in [-0.4, -0.2) is 10.9 Å². The molecule has 138 valence electrons. The van der Waals surface area contributed by atoms with E-state index in [0.29, 0.717) is 11.1 Å². The summed E-state index contributed by atoms with van der Waals surface area (Å²) in [6, 6.07) is 30.2. The first-order valence-corrected chi connectivity index (χ1v) is 9.85. The first-order chi connectivity index (χ1) is 13.8. The van der Waals surface area contributed by atoms with Crippen molar-refractivity contribution in [3.05, 3.63) is 95.9 Å². The van der Waals surface area contributed by atoms with Crippen LogP contribution in [0.3, 0.4) is 0 Å². The van der Waals surface area contributed by atoms with Crippen LogP contribution in [0.25, 0.3) is 11.3 Å². The molecule has 1 heterocycles. The molecule has 0 aliphatic rings. The summed E-state index contributed by atoms with van der Waals surface area (Å²) in [5.74, 6) is 0.630. The average molecular weight is 385 g/mol. The minimum atomic E-state index is 0.630. The fourth-order valence-corrected chi connectivity index (χ4v) is 3.60. The van der Waals surface area contributed by atoms with Crippen LogP contribution in [0, 0.1) is 6.92 Å². The average Bonchev–Trinajstić information content (AvgIpc) is 3.10. The van der Waals surface area contributed by atoms with Gasteiger partial charge in [0.15, 0.2) is 0 Å². The Morgan fingerprint density at radius 1 is 0.750 bits per heavy atom. The van der Waals surface area contributed by atoms with Crippen molar-refractivity contribution in [1.82, 2.24) is 4.98 Å². The van der Waals surface area contributed by atoms with Crippen LogP contribution >= 0.6 is 11.3 Å². The second kappa shape index (κ2) is 8.50. The maximum absolute atomic E-state index is 4.76. The minimum Gasteiger partial charge on any atom is -0.326 e. The van der Waals surface area contributed by atoms with Gasteiger partial charge in [0.1, 0.15) is 0 Å². The Morgan fingerprint density at radius 2 is 1.25 bits per heavy atom. The van der Waals surface area contributed by atoms with Gasteiger partial charge in [-0.05, 0) is 31.2 Å². The molecular formula is C23H20N4S. The van der Waals surface area contributed by atoms with E-state index in [1.807, 2.05) is 78.9 Å². The van der Waals surface area contributed by atoms with E-state index in [-0.39, 0.29) is 0 Å². The molecule has 2 N–H and O–H groups in total. The van der Waals surface area contributed by atoms with Crippen molar-refractivity contribution in [1.29, 1.82) is 0 Å². The predicted molar refractivity (Wildman–Crippen MR) is 120 cm³/mol. The normalized spacial score (nSPS) is 10.3. The number of guanidine groups is 1. The number of thiazole rings is 1. The highest BCUT2D eigenvalue weighted by Crippen LogP contribution is 2.32. The number of anilines is 2. The molecule has 4 rings (SSSR count). The maximum Gasteiger partial charge on any atom is 0.213 e. The van der Waals surface area contributed by atoms with E-state index in [2.05, 4.69) is 29.7 Å². The fraction of sp³-hybridized carbons (Fsp3) is 0.0435. The lowest BCUT2D eigenvalue weighted by Gasteiger charge is -2.11. The Kier molecular flexibility index (Phi) is 5.45. The number of rotatable bonds is 4. The first kappa shape index (κ1) is 17.9. The van der Waals surface area contributed by atoms with Crippen LogP contribution in [0.4, 0.5) is 16.5 Å². The molecule has 0 aliphatic heterocycles. The quantitative estimate of drug-likeness (QED) is 0.319. The minimum absolute atomic E-state index is 0.630. The van der Waals surface area contributed by atoms with Gasteiger partial charge in [0, 0.05) is 21.8 Å². The van der Waals surface area contributed by atoms with Gasteiger partial charge in [-0.15, -0.1) is 0 Å². The molecule has 1 aromatic heterocycles. The number of aliphatic imine (C=N–C) groups is 1. The van der Waals surface area contributed by atoms with Gasteiger partial charge >= 0.3 is 0 Å². The second-order valence-electron chi connectivity index (χ2n) is 6.21.